The summed E-state index contributed by atoms with van der Waals surface area (Å²) < 4.78 is 5.55. The molecule has 1 aromatic carbocycles. The number of nitrogens with zero attached hydrogens (tertiary/aromatic N) is 2. The lowest BCUT2D eigenvalue weighted by molar-refractivity contribution is 0.317. The van der Waals surface area contributed by atoms with E-state index in [1.165, 1.54) is 0 Å². The highest BCUT2D eigenvalue weighted by Gasteiger charge is 2.00. The summed E-state index contributed by atoms with van der Waals surface area (Å²) in [7, 11) is 0. The quantitative estimate of drug-likeness (QED) is 0.888. The molecule has 2 rings (SSSR count). The Morgan fingerprint density at radius 1 is 1.11 bits per heavy atom. The van der Waals surface area contributed by atoms with Crippen LogP contribution in [0.15, 0.2) is 30.3 Å². The molecule has 0 atom stereocenters. The molecule has 0 amide bonds. The summed E-state index contributed by atoms with van der Waals surface area (Å²) in [4.78, 5) is 8.60. The first-order chi connectivity index (χ1) is 9.17. The van der Waals surface area contributed by atoms with Gasteiger partial charge >= 0.3 is 0 Å². The van der Waals surface area contributed by atoms with Crippen molar-refractivity contribution >= 4 is 11.5 Å². The number of aromatic nitrogens is 2. The normalized spacial score (nSPS) is 10.3. The molecule has 0 spiro atoms. The molecule has 1 aromatic heterocycles. The summed E-state index contributed by atoms with van der Waals surface area (Å²) >= 11 is 0. The lowest BCUT2D eigenvalue weighted by Crippen LogP contribution is -1.99. The Morgan fingerprint density at radius 2 is 1.84 bits per heavy atom. The maximum atomic E-state index is 5.55. The molecule has 0 radical (unpaired) electrons. The molecular formula is C15H19N3O. The number of aryl methyl sites for hydroxylation is 2. The summed E-state index contributed by atoms with van der Waals surface area (Å²) in [5.74, 6) is 2.47. The lowest BCUT2D eigenvalue weighted by atomic mass is 10.3. The van der Waals surface area contributed by atoms with Crippen molar-refractivity contribution in [3.63, 3.8) is 0 Å². The van der Waals surface area contributed by atoms with Gasteiger partial charge < -0.3 is 10.1 Å². The monoisotopic (exact) mass is 257 g/mol. The van der Waals surface area contributed by atoms with Crippen LogP contribution in [0.4, 0.5) is 11.5 Å². The van der Waals surface area contributed by atoms with Crippen molar-refractivity contribution in [2.24, 2.45) is 0 Å². The van der Waals surface area contributed by atoms with Gasteiger partial charge in [-0.15, -0.1) is 0 Å². The maximum absolute atomic E-state index is 5.55. The Kier molecular flexibility index (Phi) is 4.34. The zero-order chi connectivity index (χ0) is 13.7. The third-order valence-electron chi connectivity index (χ3n) is 2.57. The van der Waals surface area contributed by atoms with Gasteiger partial charge in [0.2, 0.25) is 0 Å². The zero-order valence-electron chi connectivity index (χ0n) is 11.6. The molecule has 1 N–H and O–H groups in total. The van der Waals surface area contributed by atoms with E-state index in [1.807, 2.05) is 44.2 Å². The van der Waals surface area contributed by atoms with E-state index in [4.69, 9.17) is 4.74 Å². The molecule has 0 aliphatic carbocycles. The maximum Gasteiger partial charge on any atom is 0.134 e. The average molecular weight is 257 g/mol. The van der Waals surface area contributed by atoms with Crippen LogP contribution >= 0.6 is 0 Å². The fourth-order valence-corrected chi connectivity index (χ4v) is 1.78. The largest absolute Gasteiger partial charge is 0.494 e. The van der Waals surface area contributed by atoms with Crippen molar-refractivity contribution in [1.29, 1.82) is 0 Å². The number of benzene rings is 1. The summed E-state index contributed by atoms with van der Waals surface area (Å²) in [6.07, 6.45) is 1.01. The average Bonchev–Trinajstić information content (AvgIpc) is 2.37. The van der Waals surface area contributed by atoms with Crippen LogP contribution in [0.25, 0.3) is 0 Å². The Morgan fingerprint density at radius 3 is 2.47 bits per heavy atom. The van der Waals surface area contributed by atoms with Gasteiger partial charge in [-0.05, 0) is 44.5 Å². The predicted molar refractivity (Wildman–Crippen MR) is 77.0 cm³/mol. The van der Waals surface area contributed by atoms with Crippen molar-refractivity contribution in [2.45, 2.75) is 27.2 Å². The Hall–Kier alpha value is -2.10. The second kappa shape index (κ2) is 6.18. The molecule has 4 heteroatoms. The van der Waals surface area contributed by atoms with Gasteiger partial charge in [-0.2, -0.15) is 0 Å². The van der Waals surface area contributed by atoms with Gasteiger partial charge in [0.1, 0.15) is 17.4 Å². The molecule has 4 nitrogen and oxygen atoms in total. The van der Waals surface area contributed by atoms with Gasteiger partial charge in [-0.1, -0.05) is 6.92 Å². The van der Waals surface area contributed by atoms with E-state index in [-0.39, 0.29) is 0 Å². The first kappa shape index (κ1) is 13.3. The number of ether oxygens (including phenoxy) is 1. The SMILES string of the molecule is CCCOc1ccc(Nc2cc(C)nc(C)n2)cc1. The molecule has 0 saturated carbocycles. The van der Waals surface area contributed by atoms with Crippen molar-refractivity contribution in [3.8, 4) is 5.75 Å². The number of rotatable bonds is 5. The molecule has 0 aliphatic rings. The smallest absolute Gasteiger partial charge is 0.134 e. The minimum Gasteiger partial charge on any atom is -0.494 e. The van der Waals surface area contributed by atoms with E-state index in [9.17, 15) is 0 Å². The van der Waals surface area contributed by atoms with Crippen LogP contribution in [0.5, 0.6) is 5.75 Å². The Labute approximate surface area is 113 Å². The minimum atomic E-state index is 0.747. The first-order valence-corrected chi connectivity index (χ1v) is 6.49. The molecule has 2 aromatic rings. The molecule has 0 fully saturated rings. The molecule has 0 aliphatic heterocycles. The molecule has 0 bridgehead atoms. The summed E-state index contributed by atoms with van der Waals surface area (Å²) in [5, 5.41) is 3.26. The fraction of sp³-hybridized carbons (Fsp3) is 0.333. The minimum absolute atomic E-state index is 0.747. The van der Waals surface area contributed by atoms with Crippen molar-refractivity contribution < 1.29 is 4.74 Å². The topological polar surface area (TPSA) is 47.0 Å². The number of hydrogen-bond donors (Lipinski definition) is 1. The molecular weight excluding hydrogens is 238 g/mol. The Balaban J connectivity index is 2.06. The van der Waals surface area contributed by atoms with Crippen LogP contribution in [-0.4, -0.2) is 16.6 Å². The highest BCUT2D eigenvalue weighted by atomic mass is 16.5. The highest BCUT2D eigenvalue weighted by Crippen LogP contribution is 2.19. The molecule has 100 valence electrons. The molecule has 19 heavy (non-hydrogen) atoms. The van der Waals surface area contributed by atoms with Crippen LogP contribution in [0.2, 0.25) is 0 Å². The van der Waals surface area contributed by atoms with Gasteiger partial charge in [0.15, 0.2) is 0 Å². The van der Waals surface area contributed by atoms with Gasteiger partial charge in [-0.25, -0.2) is 9.97 Å². The summed E-state index contributed by atoms with van der Waals surface area (Å²) in [5.41, 5.74) is 1.94. The van der Waals surface area contributed by atoms with Crippen LogP contribution in [-0.2, 0) is 0 Å². The Bertz CT molecular complexity index is 517. The fourth-order valence-electron chi connectivity index (χ4n) is 1.78. The van der Waals surface area contributed by atoms with E-state index in [2.05, 4.69) is 22.2 Å². The number of hydrogen-bond acceptors (Lipinski definition) is 4. The standard InChI is InChI=1S/C15H19N3O/c1-4-9-19-14-7-5-13(6-8-14)18-15-10-11(2)16-12(3)17-15/h5-8,10H,4,9H2,1-3H3,(H,16,17,18). The van der Waals surface area contributed by atoms with E-state index in [0.717, 1.165) is 41.8 Å². The summed E-state index contributed by atoms with van der Waals surface area (Å²) in [6, 6.07) is 9.81. The van der Waals surface area contributed by atoms with E-state index in [1.54, 1.807) is 0 Å². The van der Waals surface area contributed by atoms with Gasteiger partial charge in [0.25, 0.3) is 0 Å². The van der Waals surface area contributed by atoms with E-state index in [0.29, 0.717) is 0 Å². The van der Waals surface area contributed by atoms with Crippen molar-refractivity contribution in [1.82, 2.24) is 9.97 Å². The van der Waals surface area contributed by atoms with Gasteiger partial charge in [0.05, 0.1) is 6.61 Å². The first-order valence-electron chi connectivity index (χ1n) is 6.49. The highest BCUT2D eigenvalue weighted by molar-refractivity contribution is 5.57. The van der Waals surface area contributed by atoms with E-state index >= 15 is 0 Å². The van der Waals surface area contributed by atoms with Crippen LogP contribution < -0.4 is 10.1 Å². The third kappa shape index (κ3) is 3.95. The second-order valence-electron chi connectivity index (χ2n) is 4.44. The summed E-state index contributed by atoms with van der Waals surface area (Å²) in [6.45, 7) is 6.69. The van der Waals surface area contributed by atoms with Crippen molar-refractivity contribution in [2.75, 3.05) is 11.9 Å². The second-order valence-corrected chi connectivity index (χ2v) is 4.44. The van der Waals surface area contributed by atoms with Crippen LogP contribution in [0, 0.1) is 13.8 Å². The lowest BCUT2D eigenvalue weighted by Gasteiger charge is -2.09. The van der Waals surface area contributed by atoms with Crippen molar-refractivity contribution in [3.05, 3.63) is 41.9 Å². The van der Waals surface area contributed by atoms with E-state index < -0.39 is 0 Å². The molecule has 0 saturated heterocycles. The molecule has 1 heterocycles. The van der Waals surface area contributed by atoms with Gasteiger partial charge in [-0.3, -0.25) is 0 Å². The van der Waals surface area contributed by atoms with Gasteiger partial charge in [0, 0.05) is 17.4 Å². The molecule has 0 unspecified atom stereocenters. The third-order valence-corrected chi connectivity index (χ3v) is 2.57. The van der Waals surface area contributed by atoms with Crippen LogP contribution in [0.1, 0.15) is 24.9 Å². The predicted octanol–water partition coefficient (Wildman–Crippen LogP) is 3.63. The zero-order valence-corrected chi connectivity index (χ0v) is 11.6. The number of anilines is 2. The number of nitrogens with one attached hydrogen (secondary N) is 1. The van der Waals surface area contributed by atoms with Crippen LogP contribution in [0.3, 0.4) is 0 Å².